The first kappa shape index (κ1) is 12.2. The van der Waals surface area contributed by atoms with Gasteiger partial charge in [-0.1, -0.05) is 0 Å². The molecule has 0 aromatic carbocycles. The van der Waals surface area contributed by atoms with Gasteiger partial charge in [-0.2, -0.15) is 15.2 Å². The van der Waals surface area contributed by atoms with Crippen molar-refractivity contribution >= 4 is 11.8 Å². The number of hydrogen-bond donors (Lipinski definition) is 2. The van der Waals surface area contributed by atoms with Gasteiger partial charge in [0.25, 0.3) is 0 Å². The molecule has 0 radical (unpaired) electrons. The van der Waals surface area contributed by atoms with Crippen LogP contribution in [-0.2, 0) is 11.3 Å². The Balaban J connectivity index is 1.78. The van der Waals surface area contributed by atoms with Crippen LogP contribution in [0.5, 0.6) is 0 Å². The second-order valence-electron chi connectivity index (χ2n) is 3.94. The smallest absolute Gasteiger partial charge is 0.250 e. The molecule has 0 aliphatic heterocycles. The first-order chi connectivity index (χ1) is 9.85. The zero-order chi connectivity index (χ0) is 13.8. The Bertz CT molecular complexity index is 677. The second kappa shape index (κ2) is 5.45. The fraction of sp³-hybridized carbons (Fsp3) is 0.182. The molecule has 0 fully saturated rings. The van der Waals surface area contributed by atoms with Crippen molar-refractivity contribution in [3.05, 3.63) is 36.7 Å². The van der Waals surface area contributed by atoms with E-state index in [2.05, 4.69) is 35.7 Å². The number of aromatic nitrogens is 7. The monoisotopic (exact) mass is 272 g/mol. The lowest BCUT2D eigenvalue weighted by molar-refractivity contribution is 0.181. The molecule has 3 rings (SSSR count). The summed E-state index contributed by atoms with van der Waals surface area (Å²) >= 11 is 0. The van der Waals surface area contributed by atoms with Gasteiger partial charge >= 0.3 is 0 Å². The van der Waals surface area contributed by atoms with Gasteiger partial charge in [0.15, 0.2) is 11.6 Å². The molecule has 3 heterocycles. The molecule has 0 unspecified atom stereocenters. The maximum absolute atomic E-state index is 5.01. The Hall–Kier alpha value is -2.81. The predicted molar refractivity (Wildman–Crippen MR) is 69.5 cm³/mol. The number of nitrogens with zero attached hydrogens (tertiary/aromatic N) is 6. The van der Waals surface area contributed by atoms with E-state index >= 15 is 0 Å². The molecule has 2 N–H and O–H groups in total. The normalized spacial score (nSPS) is 10.7. The maximum atomic E-state index is 5.01. The minimum absolute atomic E-state index is 0.353. The van der Waals surface area contributed by atoms with Gasteiger partial charge in [-0.15, -0.1) is 5.10 Å². The number of hydrogen-bond acceptors (Lipinski definition) is 7. The van der Waals surface area contributed by atoms with Gasteiger partial charge in [0, 0.05) is 25.6 Å². The first-order valence-corrected chi connectivity index (χ1v) is 5.83. The highest BCUT2D eigenvalue weighted by Gasteiger charge is 2.05. The third kappa shape index (κ3) is 2.62. The second-order valence-corrected chi connectivity index (χ2v) is 3.94. The summed E-state index contributed by atoms with van der Waals surface area (Å²) in [6, 6.07) is 1.82. The van der Waals surface area contributed by atoms with Gasteiger partial charge < -0.3 is 10.1 Å². The molecule has 102 valence electrons. The topological polar surface area (TPSA) is 106 Å². The molecule has 0 aliphatic carbocycles. The molecular formula is C11H12N8O. The van der Waals surface area contributed by atoms with E-state index in [4.69, 9.17) is 4.74 Å². The number of H-pyrrole nitrogens is 1. The SMILES string of the molecule is COCc1cc(Nc2nncc(-n3ccnc3)n2)n[nH]1. The molecular weight excluding hydrogens is 260 g/mol. The Labute approximate surface area is 114 Å². The lowest BCUT2D eigenvalue weighted by atomic mass is 10.4. The van der Waals surface area contributed by atoms with Crippen LogP contribution in [0.25, 0.3) is 5.82 Å². The molecule has 9 nitrogen and oxygen atoms in total. The molecule has 0 atom stereocenters. The average molecular weight is 272 g/mol. The van der Waals surface area contributed by atoms with Gasteiger partial charge in [0.2, 0.25) is 5.95 Å². The van der Waals surface area contributed by atoms with Gasteiger partial charge in [-0.25, -0.2) is 4.98 Å². The van der Waals surface area contributed by atoms with Crippen molar-refractivity contribution < 1.29 is 4.74 Å². The van der Waals surface area contributed by atoms with Gasteiger partial charge in [0.1, 0.15) is 6.33 Å². The van der Waals surface area contributed by atoms with Crippen molar-refractivity contribution in [2.75, 3.05) is 12.4 Å². The van der Waals surface area contributed by atoms with Crippen LogP contribution in [0.1, 0.15) is 5.69 Å². The van der Waals surface area contributed by atoms with Crippen molar-refractivity contribution in [1.82, 2.24) is 34.9 Å². The maximum Gasteiger partial charge on any atom is 0.250 e. The Morgan fingerprint density at radius 3 is 3.20 bits per heavy atom. The van der Waals surface area contributed by atoms with E-state index in [1.165, 1.54) is 0 Å². The fourth-order valence-corrected chi connectivity index (χ4v) is 1.64. The van der Waals surface area contributed by atoms with Crippen LogP contribution >= 0.6 is 0 Å². The lowest BCUT2D eigenvalue weighted by Crippen LogP contribution is -2.03. The molecule has 0 bridgehead atoms. The largest absolute Gasteiger partial charge is 0.378 e. The molecule has 0 saturated carbocycles. The minimum Gasteiger partial charge on any atom is -0.378 e. The summed E-state index contributed by atoms with van der Waals surface area (Å²) in [5, 5.41) is 17.7. The highest BCUT2D eigenvalue weighted by molar-refractivity contribution is 5.48. The van der Waals surface area contributed by atoms with Gasteiger partial charge in [-0.3, -0.25) is 9.67 Å². The van der Waals surface area contributed by atoms with Gasteiger partial charge in [-0.05, 0) is 0 Å². The number of anilines is 2. The number of ether oxygens (including phenoxy) is 1. The van der Waals surface area contributed by atoms with Crippen LogP contribution in [-0.4, -0.2) is 42.0 Å². The van der Waals surface area contributed by atoms with Crippen molar-refractivity contribution in [2.24, 2.45) is 0 Å². The quantitative estimate of drug-likeness (QED) is 0.703. The highest BCUT2D eigenvalue weighted by atomic mass is 16.5. The standard InChI is InChI=1S/C11H12N8O/c1-20-6-8-4-9(17-16-8)14-11-15-10(5-13-18-11)19-3-2-12-7-19/h2-5,7H,6H2,1H3,(H2,14,15,16,17,18). The Kier molecular flexibility index (Phi) is 3.33. The van der Waals surface area contributed by atoms with Crippen LogP contribution in [0.4, 0.5) is 11.8 Å². The van der Waals surface area contributed by atoms with Crippen molar-refractivity contribution in [2.45, 2.75) is 6.61 Å². The summed E-state index contributed by atoms with van der Waals surface area (Å²) in [6.45, 7) is 0.461. The van der Waals surface area contributed by atoms with E-state index in [0.717, 1.165) is 5.69 Å². The Morgan fingerprint density at radius 1 is 1.45 bits per heavy atom. The molecule has 3 aromatic heterocycles. The lowest BCUT2D eigenvalue weighted by Gasteiger charge is -2.03. The number of aromatic amines is 1. The molecule has 3 aromatic rings. The number of imidazole rings is 1. The first-order valence-electron chi connectivity index (χ1n) is 5.83. The van der Waals surface area contributed by atoms with E-state index in [-0.39, 0.29) is 0 Å². The van der Waals surface area contributed by atoms with E-state index in [1.807, 2.05) is 6.07 Å². The third-order valence-corrected chi connectivity index (χ3v) is 2.49. The molecule has 0 saturated heterocycles. The molecule has 20 heavy (non-hydrogen) atoms. The van der Waals surface area contributed by atoms with Crippen LogP contribution < -0.4 is 5.32 Å². The number of nitrogens with one attached hydrogen (secondary N) is 2. The average Bonchev–Trinajstić information content (AvgIpc) is 3.11. The molecule has 0 amide bonds. The zero-order valence-electron chi connectivity index (χ0n) is 10.7. The highest BCUT2D eigenvalue weighted by Crippen LogP contribution is 2.12. The predicted octanol–water partition coefficient (Wildman–Crippen LogP) is 0.670. The summed E-state index contributed by atoms with van der Waals surface area (Å²) in [5.74, 6) is 1.57. The van der Waals surface area contributed by atoms with Crippen molar-refractivity contribution in [3.8, 4) is 5.82 Å². The minimum atomic E-state index is 0.353. The number of methoxy groups -OCH3 is 1. The molecule has 0 spiro atoms. The molecule has 0 aliphatic rings. The summed E-state index contributed by atoms with van der Waals surface area (Å²) in [4.78, 5) is 8.28. The van der Waals surface area contributed by atoms with Crippen molar-refractivity contribution in [3.63, 3.8) is 0 Å². The van der Waals surface area contributed by atoms with E-state index in [0.29, 0.717) is 24.2 Å². The third-order valence-electron chi connectivity index (χ3n) is 2.49. The summed E-state index contributed by atoms with van der Waals surface area (Å²) in [7, 11) is 1.62. The summed E-state index contributed by atoms with van der Waals surface area (Å²) in [6.07, 6.45) is 6.63. The summed E-state index contributed by atoms with van der Waals surface area (Å²) < 4.78 is 6.74. The van der Waals surface area contributed by atoms with E-state index in [9.17, 15) is 0 Å². The van der Waals surface area contributed by atoms with E-state index in [1.54, 1.807) is 36.6 Å². The Morgan fingerprint density at radius 2 is 2.40 bits per heavy atom. The number of rotatable bonds is 5. The van der Waals surface area contributed by atoms with Crippen LogP contribution in [0, 0.1) is 0 Å². The van der Waals surface area contributed by atoms with E-state index < -0.39 is 0 Å². The van der Waals surface area contributed by atoms with Crippen LogP contribution in [0.2, 0.25) is 0 Å². The fourth-order valence-electron chi connectivity index (χ4n) is 1.64. The zero-order valence-corrected chi connectivity index (χ0v) is 10.7. The van der Waals surface area contributed by atoms with Gasteiger partial charge in [0.05, 0.1) is 18.5 Å². The van der Waals surface area contributed by atoms with Crippen molar-refractivity contribution in [1.29, 1.82) is 0 Å². The van der Waals surface area contributed by atoms with Crippen LogP contribution in [0.15, 0.2) is 31.0 Å². The molecule has 9 heteroatoms. The van der Waals surface area contributed by atoms with Crippen LogP contribution in [0.3, 0.4) is 0 Å². The summed E-state index contributed by atoms with van der Waals surface area (Å²) in [5.41, 5.74) is 0.855.